The van der Waals surface area contributed by atoms with Gasteiger partial charge in [-0.1, -0.05) is 29.8 Å². The molecule has 0 atom stereocenters. The van der Waals surface area contributed by atoms with Gasteiger partial charge in [-0.3, -0.25) is 9.59 Å². The summed E-state index contributed by atoms with van der Waals surface area (Å²) in [6.45, 7) is 3.93. The van der Waals surface area contributed by atoms with Gasteiger partial charge in [0.05, 0.1) is 12.1 Å². The highest BCUT2D eigenvalue weighted by molar-refractivity contribution is 9.10. The normalized spacial score (nSPS) is 10.6. The van der Waals surface area contributed by atoms with Crippen molar-refractivity contribution in [1.82, 2.24) is 4.90 Å². The minimum absolute atomic E-state index is 0.0647. The SMILES string of the molecule is CC(C)CN(CC(N)=O)C(=O)c1ccc(Br)cc1F. The molecule has 0 aliphatic rings. The molecule has 0 fully saturated rings. The van der Waals surface area contributed by atoms with E-state index in [0.717, 1.165) is 0 Å². The topological polar surface area (TPSA) is 63.4 Å². The maximum atomic E-state index is 13.7. The maximum absolute atomic E-state index is 13.7. The summed E-state index contributed by atoms with van der Waals surface area (Å²) >= 11 is 3.12. The van der Waals surface area contributed by atoms with Gasteiger partial charge in [0.1, 0.15) is 5.82 Å². The van der Waals surface area contributed by atoms with Crippen LogP contribution in [0.25, 0.3) is 0 Å². The molecule has 0 aromatic heterocycles. The molecule has 0 spiro atoms. The van der Waals surface area contributed by atoms with Crippen LogP contribution in [0, 0.1) is 11.7 Å². The van der Waals surface area contributed by atoms with E-state index in [0.29, 0.717) is 11.0 Å². The van der Waals surface area contributed by atoms with E-state index in [1.807, 2.05) is 13.8 Å². The van der Waals surface area contributed by atoms with E-state index in [4.69, 9.17) is 5.73 Å². The lowest BCUT2D eigenvalue weighted by atomic mass is 10.1. The Balaban J connectivity index is 3.00. The van der Waals surface area contributed by atoms with Crippen LogP contribution in [0.2, 0.25) is 0 Å². The molecule has 19 heavy (non-hydrogen) atoms. The van der Waals surface area contributed by atoms with Crippen LogP contribution in [0.4, 0.5) is 4.39 Å². The zero-order chi connectivity index (χ0) is 14.6. The van der Waals surface area contributed by atoms with Gasteiger partial charge >= 0.3 is 0 Å². The monoisotopic (exact) mass is 330 g/mol. The lowest BCUT2D eigenvalue weighted by Crippen LogP contribution is -2.40. The lowest BCUT2D eigenvalue weighted by Gasteiger charge is -2.23. The molecule has 0 aliphatic heterocycles. The average Bonchev–Trinajstić information content (AvgIpc) is 2.26. The molecule has 104 valence electrons. The van der Waals surface area contributed by atoms with Crippen LogP contribution in [0.3, 0.4) is 0 Å². The molecule has 2 N–H and O–H groups in total. The fourth-order valence-electron chi connectivity index (χ4n) is 1.68. The average molecular weight is 331 g/mol. The molecule has 0 heterocycles. The molecule has 0 bridgehead atoms. The van der Waals surface area contributed by atoms with E-state index in [1.165, 1.54) is 17.0 Å². The minimum Gasteiger partial charge on any atom is -0.368 e. The van der Waals surface area contributed by atoms with Crippen LogP contribution in [0.1, 0.15) is 24.2 Å². The van der Waals surface area contributed by atoms with Crippen molar-refractivity contribution in [3.05, 3.63) is 34.1 Å². The number of halogens is 2. The molecule has 0 unspecified atom stereocenters. The summed E-state index contributed by atoms with van der Waals surface area (Å²) in [7, 11) is 0. The number of nitrogens with two attached hydrogens (primary N) is 1. The number of hydrogen-bond acceptors (Lipinski definition) is 2. The second-order valence-electron chi connectivity index (χ2n) is 4.67. The van der Waals surface area contributed by atoms with Gasteiger partial charge in [0.2, 0.25) is 5.91 Å². The number of primary amides is 1. The van der Waals surface area contributed by atoms with Crippen molar-refractivity contribution in [1.29, 1.82) is 0 Å². The molecule has 4 nitrogen and oxygen atoms in total. The summed E-state index contributed by atoms with van der Waals surface area (Å²) in [6, 6.07) is 4.18. The van der Waals surface area contributed by atoms with Gasteiger partial charge in [-0.25, -0.2) is 4.39 Å². The molecule has 0 aliphatic carbocycles. The number of carbonyl (C=O) groups is 2. The van der Waals surface area contributed by atoms with Crippen LogP contribution in [-0.2, 0) is 4.79 Å². The first-order valence-electron chi connectivity index (χ1n) is 5.84. The molecule has 6 heteroatoms. The van der Waals surface area contributed by atoms with E-state index in [1.54, 1.807) is 6.07 Å². The second kappa shape index (κ2) is 6.65. The quantitative estimate of drug-likeness (QED) is 0.899. The van der Waals surface area contributed by atoms with Gasteiger partial charge in [0.15, 0.2) is 0 Å². The third-order valence-corrected chi connectivity index (χ3v) is 2.87. The first-order valence-corrected chi connectivity index (χ1v) is 6.63. The predicted molar refractivity (Wildman–Crippen MR) is 74.0 cm³/mol. The number of hydrogen-bond donors (Lipinski definition) is 1. The summed E-state index contributed by atoms with van der Waals surface area (Å²) in [5.74, 6) is -1.62. The van der Waals surface area contributed by atoms with Crippen molar-refractivity contribution < 1.29 is 14.0 Å². The number of nitrogens with zero attached hydrogens (tertiary/aromatic N) is 1. The Kier molecular flexibility index (Phi) is 5.47. The second-order valence-corrected chi connectivity index (χ2v) is 5.59. The molecule has 0 saturated carbocycles. The molecular weight excluding hydrogens is 315 g/mol. The molecule has 0 radical (unpaired) electrons. The van der Waals surface area contributed by atoms with Gasteiger partial charge in [-0.15, -0.1) is 0 Å². The fraction of sp³-hybridized carbons (Fsp3) is 0.385. The van der Waals surface area contributed by atoms with Gasteiger partial charge in [-0.05, 0) is 24.1 Å². The molecular formula is C13H16BrFN2O2. The van der Waals surface area contributed by atoms with Crippen molar-refractivity contribution in [3.8, 4) is 0 Å². The van der Waals surface area contributed by atoms with Crippen LogP contribution in [0.5, 0.6) is 0 Å². The van der Waals surface area contributed by atoms with Gasteiger partial charge in [-0.2, -0.15) is 0 Å². The van der Waals surface area contributed by atoms with Crippen molar-refractivity contribution in [3.63, 3.8) is 0 Å². The van der Waals surface area contributed by atoms with Gasteiger partial charge in [0.25, 0.3) is 5.91 Å². The van der Waals surface area contributed by atoms with E-state index in [-0.39, 0.29) is 18.0 Å². The van der Waals surface area contributed by atoms with Gasteiger partial charge in [0, 0.05) is 11.0 Å². The van der Waals surface area contributed by atoms with Crippen molar-refractivity contribution in [2.24, 2.45) is 11.7 Å². The van der Waals surface area contributed by atoms with Crippen LogP contribution in [-0.4, -0.2) is 29.8 Å². The summed E-state index contributed by atoms with van der Waals surface area (Å²) in [5, 5.41) is 0. The highest BCUT2D eigenvalue weighted by Gasteiger charge is 2.21. The molecule has 1 aromatic rings. The largest absolute Gasteiger partial charge is 0.368 e. The fourth-order valence-corrected chi connectivity index (χ4v) is 2.01. The Morgan fingerprint density at radius 2 is 2.05 bits per heavy atom. The van der Waals surface area contributed by atoms with E-state index >= 15 is 0 Å². The van der Waals surface area contributed by atoms with Crippen LogP contribution >= 0.6 is 15.9 Å². The molecule has 1 rings (SSSR count). The smallest absolute Gasteiger partial charge is 0.257 e. The van der Waals surface area contributed by atoms with Crippen LogP contribution < -0.4 is 5.73 Å². The third kappa shape index (κ3) is 4.63. The first kappa shape index (κ1) is 15.6. The number of rotatable bonds is 5. The maximum Gasteiger partial charge on any atom is 0.257 e. The Bertz CT molecular complexity index is 492. The van der Waals surface area contributed by atoms with E-state index in [2.05, 4.69) is 15.9 Å². The molecule has 0 saturated heterocycles. The highest BCUT2D eigenvalue weighted by Crippen LogP contribution is 2.17. The third-order valence-electron chi connectivity index (χ3n) is 2.38. The Morgan fingerprint density at radius 3 is 2.53 bits per heavy atom. The van der Waals surface area contributed by atoms with E-state index < -0.39 is 17.6 Å². The zero-order valence-electron chi connectivity index (χ0n) is 10.8. The summed E-state index contributed by atoms with van der Waals surface area (Å²) < 4.78 is 14.3. The summed E-state index contributed by atoms with van der Waals surface area (Å²) in [5.41, 5.74) is 5.05. The number of carbonyl (C=O) groups excluding carboxylic acids is 2. The standard InChI is InChI=1S/C13H16BrFN2O2/c1-8(2)6-17(7-12(16)18)13(19)10-4-3-9(14)5-11(10)15/h3-5,8H,6-7H2,1-2H3,(H2,16,18). The first-order chi connectivity index (χ1) is 8.81. The van der Waals surface area contributed by atoms with Crippen molar-refractivity contribution in [2.75, 3.05) is 13.1 Å². The van der Waals surface area contributed by atoms with Gasteiger partial charge < -0.3 is 10.6 Å². The number of amides is 2. The summed E-state index contributed by atoms with van der Waals surface area (Å²) in [4.78, 5) is 24.5. The Morgan fingerprint density at radius 1 is 1.42 bits per heavy atom. The van der Waals surface area contributed by atoms with Crippen molar-refractivity contribution in [2.45, 2.75) is 13.8 Å². The lowest BCUT2D eigenvalue weighted by molar-refractivity contribution is -0.118. The molecule has 1 aromatic carbocycles. The number of benzene rings is 1. The van der Waals surface area contributed by atoms with E-state index in [9.17, 15) is 14.0 Å². The molecule has 2 amide bonds. The minimum atomic E-state index is -0.627. The Hall–Kier alpha value is -1.43. The van der Waals surface area contributed by atoms with Crippen molar-refractivity contribution >= 4 is 27.7 Å². The summed E-state index contributed by atoms with van der Waals surface area (Å²) in [6.07, 6.45) is 0. The Labute approximate surface area is 119 Å². The highest BCUT2D eigenvalue weighted by atomic mass is 79.9. The van der Waals surface area contributed by atoms with Crippen LogP contribution in [0.15, 0.2) is 22.7 Å². The predicted octanol–water partition coefficient (Wildman–Crippen LogP) is 2.17. The zero-order valence-corrected chi connectivity index (χ0v) is 12.4.